The van der Waals surface area contributed by atoms with Crippen molar-refractivity contribution < 1.29 is 9.59 Å². The van der Waals surface area contributed by atoms with E-state index in [4.69, 9.17) is 23.2 Å². The Morgan fingerprint density at radius 1 is 1.03 bits per heavy atom. The Morgan fingerprint density at radius 2 is 1.70 bits per heavy atom. The third-order valence-electron chi connectivity index (χ3n) is 5.37. The lowest BCUT2D eigenvalue weighted by Crippen LogP contribution is -2.38. The summed E-state index contributed by atoms with van der Waals surface area (Å²) in [7, 11) is 0. The van der Waals surface area contributed by atoms with Crippen LogP contribution in [0.5, 0.6) is 0 Å². The average molecular weight is 448 g/mol. The SMILES string of the molecule is CCCNC(=O)c1ccccc1NC(=O)C1CCN(Cc2c(Cl)cccc2Cl)CC1. The summed E-state index contributed by atoms with van der Waals surface area (Å²) in [6.45, 7) is 4.86. The highest BCUT2D eigenvalue weighted by Gasteiger charge is 2.26. The molecule has 2 amide bonds. The van der Waals surface area contributed by atoms with Crippen LogP contribution in [0.1, 0.15) is 42.1 Å². The number of hydrogen-bond acceptors (Lipinski definition) is 3. The Balaban J connectivity index is 1.57. The van der Waals surface area contributed by atoms with E-state index >= 15 is 0 Å². The predicted octanol–water partition coefficient (Wildman–Crippen LogP) is 4.98. The molecule has 1 fully saturated rings. The van der Waals surface area contributed by atoms with Crippen molar-refractivity contribution in [3.8, 4) is 0 Å². The van der Waals surface area contributed by atoms with Crippen LogP contribution in [0.25, 0.3) is 0 Å². The van der Waals surface area contributed by atoms with E-state index in [0.29, 0.717) is 34.4 Å². The molecular formula is C23H27Cl2N3O2. The van der Waals surface area contributed by atoms with E-state index in [1.165, 1.54) is 0 Å². The van der Waals surface area contributed by atoms with Crippen molar-refractivity contribution in [1.29, 1.82) is 0 Å². The lowest BCUT2D eigenvalue weighted by molar-refractivity contribution is -0.121. The number of halogens is 2. The number of benzene rings is 2. The fourth-order valence-corrected chi connectivity index (χ4v) is 4.14. The molecule has 0 unspecified atom stereocenters. The molecule has 5 nitrogen and oxygen atoms in total. The summed E-state index contributed by atoms with van der Waals surface area (Å²) in [6.07, 6.45) is 2.36. The van der Waals surface area contributed by atoms with Crippen LogP contribution in [0.15, 0.2) is 42.5 Å². The van der Waals surface area contributed by atoms with Crippen LogP contribution in [0.4, 0.5) is 5.69 Å². The maximum atomic E-state index is 12.8. The van der Waals surface area contributed by atoms with E-state index in [1.807, 2.05) is 31.2 Å². The van der Waals surface area contributed by atoms with Crippen LogP contribution in [-0.4, -0.2) is 36.3 Å². The van der Waals surface area contributed by atoms with Crippen LogP contribution < -0.4 is 10.6 Å². The first-order valence-electron chi connectivity index (χ1n) is 10.3. The highest BCUT2D eigenvalue weighted by molar-refractivity contribution is 6.35. The van der Waals surface area contributed by atoms with Crippen LogP contribution in [0, 0.1) is 5.92 Å². The number of rotatable bonds is 7. The first kappa shape index (κ1) is 22.6. The Kier molecular flexibility index (Phi) is 8.14. The molecule has 0 atom stereocenters. The Bertz CT molecular complexity index is 876. The van der Waals surface area contributed by atoms with Crippen LogP contribution in [-0.2, 0) is 11.3 Å². The minimum atomic E-state index is -0.167. The number of piperidine rings is 1. The molecule has 1 aliphatic heterocycles. The molecule has 7 heteroatoms. The molecule has 2 aromatic rings. The first-order valence-corrected chi connectivity index (χ1v) is 11.1. The number of carbonyl (C=O) groups excluding carboxylic acids is 2. The topological polar surface area (TPSA) is 61.4 Å². The molecule has 0 aromatic heterocycles. The van der Waals surface area contributed by atoms with Gasteiger partial charge in [0.05, 0.1) is 11.3 Å². The molecule has 0 bridgehead atoms. The predicted molar refractivity (Wildman–Crippen MR) is 122 cm³/mol. The normalized spacial score (nSPS) is 15.0. The zero-order valence-corrected chi connectivity index (χ0v) is 18.6. The van der Waals surface area contributed by atoms with Gasteiger partial charge in [-0.1, -0.05) is 48.3 Å². The zero-order valence-electron chi connectivity index (χ0n) is 17.1. The van der Waals surface area contributed by atoms with Crippen molar-refractivity contribution in [2.24, 2.45) is 5.92 Å². The van der Waals surface area contributed by atoms with E-state index in [1.54, 1.807) is 18.2 Å². The quantitative estimate of drug-likeness (QED) is 0.628. The summed E-state index contributed by atoms with van der Waals surface area (Å²) in [6, 6.07) is 12.7. The second-order valence-corrected chi connectivity index (χ2v) is 8.36. The van der Waals surface area contributed by atoms with Crippen LogP contribution in [0.2, 0.25) is 10.0 Å². The van der Waals surface area contributed by atoms with E-state index in [2.05, 4.69) is 15.5 Å². The van der Waals surface area contributed by atoms with Gasteiger partial charge in [0.1, 0.15) is 0 Å². The number of para-hydroxylation sites is 1. The van der Waals surface area contributed by atoms with Gasteiger partial charge in [-0.15, -0.1) is 0 Å². The summed E-state index contributed by atoms with van der Waals surface area (Å²) in [5, 5.41) is 7.16. The second-order valence-electron chi connectivity index (χ2n) is 7.54. The van der Waals surface area contributed by atoms with E-state index in [0.717, 1.165) is 37.9 Å². The molecule has 0 saturated carbocycles. The lowest BCUT2D eigenvalue weighted by atomic mass is 9.95. The van der Waals surface area contributed by atoms with Gasteiger partial charge in [-0.2, -0.15) is 0 Å². The summed E-state index contributed by atoms with van der Waals surface area (Å²) < 4.78 is 0. The summed E-state index contributed by atoms with van der Waals surface area (Å²) in [5.74, 6) is -0.296. The highest BCUT2D eigenvalue weighted by Crippen LogP contribution is 2.28. The molecule has 1 saturated heterocycles. The van der Waals surface area contributed by atoms with Crippen molar-refractivity contribution in [3.63, 3.8) is 0 Å². The van der Waals surface area contributed by atoms with Gasteiger partial charge in [0.25, 0.3) is 5.91 Å². The summed E-state index contributed by atoms with van der Waals surface area (Å²) >= 11 is 12.6. The molecule has 0 aliphatic carbocycles. The molecule has 2 aromatic carbocycles. The fourth-order valence-electron chi connectivity index (χ4n) is 3.62. The van der Waals surface area contributed by atoms with Crippen molar-refractivity contribution in [2.45, 2.75) is 32.7 Å². The lowest BCUT2D eigenvalue weighted by Gasteiger charge is -2.31. The minimum Gasteiger partial charge on any atom is -0.352 e. The van der Waals surface area contributed by atoms with E-state index in [-0.39, 0.29) is 17.7 Å². The van der Waals surface area contributed by atoms with Gasteiger partial charge >= 0.3 is 0 Å². The van der Waals surface area contributed by atoms with Crippen LogP contribution in [0.3, 0.4) is 0 Å². The maximum absolute atomic E-state index is 12.8. The van der Waals surface area contributed by atoms with Gasteiger partial charge in [-0.25, -0.2) is 0 Å². The number of anilines is 1. The molecular weight excluding hydrogens is 421 g/mol. The minimum absolute atomic E-state index is 0.0406. The zero-order chi connectivity index (χ0) is 21.5. The molecule has 1 heterocycles. The third-order valence-corrected chi connectivity index (χ3v) is 6.08. The Labute approximate surface area is 187 Å². The molecule has 0 spiro atoms. The number of nitrogens with zero attached hydrogens (tertiary/aromatic N) is 1. The molecule has 1 aliphatic rings. The van der Waals surface area contributed by atoms with Crippen molar-refractivity contribution >= 4 is 40.7 Å². The number of amides is 2. The molecule has 160 valence electrons. The van der Waals surface area contributed by atoms with E-state index < -0.39 is 0 Å². The Morgan fingerprint density at radius 3 is 2.37 bits per heavy atom. The number of nitrogens with one attached hydrogen (secondary N) is 2. The molecule has 30 heavy (non-hydrogen) atoms. The standard InChI is InChI=1S/C23H27Cl2N3O2/c1-2-12-26-23(30)17-6-3-4-9-21(17)27-22(29)16-10-13-28(14-11-16)15-18-19(24)7-5-8-20(18)25/h3-9,16H,2,10-15H2,1H3,(H,26,30)(H,27,29). The van der Waals surface area contributed by atoms with E-state index in [9.17, 15) is 9.59 Å². The van der Waals surface area contributed by atoms with Crippen LogP contribution >= 0.6 is 23.2 Å². The third kappa shape index (κ3) is 5.75. The largest absolute Gasteiger partial charge is 0.352 e. The Hall–Kier alpha value is -2.08. The number of carbonyl (C=O) groups is 2. The molecule has 0 radical (unpaired) electrons. The number of hydrogen-bond donors (Lipinski definition) is 2. The fraction of sp³-hybridized carbons (Fsp3) is 0.391. The van der Waals surface area contributed by atoms with Gasteiger partial charge < -0.3 is 10.6 Å². The highest BCUT2D eigenvalue weighted by atomic mass is 35.5. The van der Waals surface area contributed by atoms with Gasteiger partial charge in [-0.3, -0.25) is 14.5 Å². The summed E-state index contributed by atoms with van der Waals surface area (Å²) in [4.78, 5) is 27.5. The van der Waals surface area contributed by atoms with Gasteiger partial charge in [0, 0.05) is 34.6 Å². The van der Waals surface area contributed by atoms with Crippen molar-refractivity contribution in [3.05, 3.63) is 63.6 Å². The molecule has 2 N–H and O–H groups in total. The van der Waals surface area contributed by atoms with Crippen molar-refractivity contribution in [2.75, 3.05) is 25.0 Å². The second kappa shape index (κ2) is 10.8. The van der Waals surface area contributed by atoms with Gasteiger partial charge in [-0.05, 0) is 56.6 Å². The average Bonchev–Trinajstić information content (AvgIpc) is 2.75. The smallest absolute Gasteiger partial charge is 0.253 e. The van der Waals surface area contributed by atoms with Gasteiger partial charge in [0.15, 0.2) is 0 Å². The monoisotopic (exact) mass is 447 g/mol. The summed E-state index contributed by atoms with van der Waals surface area (Å²) in [5.41, 5.74) is 1.97. The van der Waals surface area contributed by atoms with Gasteiger partial charge in [0.2, 0.25) is 5.91 Å². The first-order chi connectivity index (χ1) is 14.5. The number of likely N-dealkylation sites (tertiary alicyclic amines) is 1. The molecule has 3 rings (SSSR count). The maximum Gasteiger partial charge on any atom is 0.253 e. The van der Waals surface area contributed by atoms with Crippen molar-refractivity contribution in [1.82, 2.24) is 10.2 Å².